The van der Waals surface area contributed by atoms with Crippen molar-refractivity contribution in [2.24, 2.45) is 5.73 Å². The molecule has 4 nitrogen and oxygen atoms in total. The van der Waals surface area contributed by atoms with E-state index in [0.717, 1.165) is 23.6 Å². The molecule has 0 unspecified atom stereocenters. The number of fused-ring (bicyclic) bond motifs is 1. The van der Waals surface area contributed by atoms with E-state index in [1.165, 1.54) is 5.56 Å². The first-order chi connectivity index (χ1) is 10.5. The number of nitrogens with zero attached hydrogens (tertiary/aromatic N) is 1. The van der Waals surface area contributed by atoms with Gasteiger partial charge in [0.05, 0.1) is 5.56 Å². The number of hydrogen-bond acceptors (Lipinski definition) is 4. The highest BCUT2D eigenvalue weighted by molar-refractivity contribution is 7.10. The van der Waals surface area contributed by atoms with Crippen LogP contribution in [0.2, 0.25) is 0 Å². The zero-order valence-electron chi connectivity index (χ0n) is 12.8. The minimum atomic E-state index is -0.368. The number of primary amides is 1. The lowest BCUT2D eigenvalue weighted by molar-refractivity contribution is 0.0999. The Kier molecular flexibility index (Phi) is 4.18. The van der Waals surface area contributed by atoms with E-state index in [1.807, 2.05) is 23.6 Å². The van der Waals surface area contributed by atoms with Crippen LogP contribution in [-0.4, -0.2) is 30.0 Å². The van der Waals surface area contributed by atoms with Gasteiger partial charge >= 0.3 is 0 Å². The molecule has 0 radical (unpaired) electrons. The zero-order chi connectivity index (χ0) is 15.7. The van der Waals surface area contributed by atoms with E-state index in [4.69, 9.17) is 10.5 Å². The lowest BCUT2D eigenvalue weighted by Gasteiger charge is -2.28. The molecular formula is C17H20N2O2S. The lowest BCUT2D eigenvalue weighted by atomic mass is 10.0. The largest absolute Gasteiger partial charge is 0.488 e. The highest BCUT2D eigenvalue weighted by Crippen LogP contribution is 2.31. The predicted octanol–water partition coefficient (Wildman–Crippen LogP) is 2.67. The van der Waals surface area contributed by atoms with E-state index in [-0.39, 0.29) is 18.1 Å². The fourth-order valence-electron chi connectivity index (χ4n) is 2.74. The van der Waals surface area contributed by atoms with Crippen LogP contribution in [0.5, 0.6) is 5.75 Å². The summed E-state index contributed by atoms with van der Waals surface area (Å²) in [6, 6.07) is 10.4. The van der Waals surface area contributed by atoms with Gasteiger partial charge in [0.15, 0.2) is 0 Å². The summed E-state index contributed by atoms with van der Waals surface area (Å²) in [5.41, 5.74) is 7.17. The molecule has 1 aromatic carbocycles. The van der Waals surface area contributed by atoms with Crippen LogP contribution in [-0.2, 0) is 13.0 Å². The Labute approximate surface area is 134 Å². The van der Waals surface area contributed by atoms with E-state index in [2.05, 4.69) is 31.0 Å². The Morgan fingerprint density at radius 2 is 2.27 bits per heavy atom. The minimum absolute atomic E-state index is 0.165. The van der Waals surface area contributed by atoms with Crippen LogP contribution < -0.4 is 10.5 Å². The van der Waals surface area contributed by atoms with Crippen molar-refractivity contribution in [3.8, 4) is 5.75 Å². The number of amides is 1. The second-order valence-corrected chi connectivity index (χ2v) is 6.79. The molecule has 2 aromatic rings. The number of likely N-dealkylation sites (N-methyl/N-ethyl adjacent to an activating group) is 1. The molecule has 1 aliphatic rings. The highest BCUT2D eigenvalue weighted by Gasteiger charge is 2.29. The summed E-state index contributed by atoms with van der Waals surface area (Å²) in [5, 5.41) is 1.82. The third kappa shape index (κ3) is 3.00. The highest BCUT2D eigenvalue weighted by atomic mass is 32.1. The molecule has 0 bridgehead atoms. The van der Waals surface area contributed by atoms with Crippen LogP contribution in [0.4, 0.5) is 0 Å². The molecule has 116 valence electrons. The van der Waals surface area contributed by atoms with Gasteiger partial charge in [-0.15, -0.1) is 11.3 Å². The number of carbonyl (C=O) groups is 1. The smallest absolute Gasteiger partial charge is 0.249 e. The SMILES string of the molecule is C[C@@H]([C@H]1Cc2ccccc2O1)N(C)Cc1cc(C(N)=O)cs1. The van der Waals surface area contributed by atoms with Crippen LogP contribution in [0.15, 0.2) is 35.7 Å². The molecule has 1 aliphatic heterocycles. The number of thiophene rings is 1. The molecule has 1 amide bonds. The van der Waals surface area contributed by atoms with Crippen molar-refractivity contribution in [3.63, 3.8) is 0 Å². The standard InChI is InChI=1S/C17H20N2O2S/c1-11(16-8-12-5-3-4-6-15(12)21-16)19(2)9-14-7-13(10-22-14)17(18)20/h3-7,10-11,16H,8-9H2,1-2H3,(H2,18,20)/t11-,16+/m0/s1. The van der Waals surface area contributed by atoms with Gasteiger partial charge in [-0.3, -0.25) is 9.69 Å². The second kappa shape index (κ2) is 6.10. The lowest BCUT2D eigenvalue weighted by Crippen LogP contribution is -2.40. The van der Waals surface area contributed by atoms with Crippen LogP contribution in [0.1, 0.15) is 27.7 Å². The van der Waals surface area contributed by atoms with E-state index < -0.39 is 0 Å². The minimum Gasteiger partial charge on any atom is -0.488 e. The Balaban J connectivity index is 1.63. The molecule has 0 spiro atoms. The molecule has 22 heavy (non-hydrogen) atoms. The molecule has 5 heteroatoms. The Hall–Kier alpha value is -1.85. The molecular weight excluding hydrogens is 296 g/mol. The maximum atomic E-state index is 11.2. The molecule has 1 aromatic heterocycles. The number of carbonyl (C=O) groups excluding carboxylic acids is 1. The van der Waals surface area contributed by atoms with Gasteiger partial charge in [-0.25, -0.2) is 0 Å². The molecule has 2 heterocycles. The normalized spacial score (nSPS) is 18.0. The number of nitrogens with two attached hydrogens (primary N) is 1. The molecule has 0 saturated heterocycles. The second-order valence-electron chi connectivity index (χ2n) is 5.79. The van der Waals surface area contributed by atoms with Gasteiger partial charge in [-0.2, -0.15) is 0 Å². The summed E-state index contributed by atoms with van der Waals surface area (Å²) < 4.78 is 6.06. The van der Waals surface area contributed by atoms with Crippen molar-refractivity contribution >= 4 is 17.2 Å². The van der Waals surface area contributed by atoms with Crippen LogP contribution >= 0.6 is 11.3 Å². The summed E-state index contributed by atoms with van der Waals surface area (Å²) in [6.07, 6.45) is 1.11. The summed E-state index contributed by atoms with van der Waals surface area (Å²) in [4.78, 5) is 14.6. The summed E-state index contributed by atoms with van der Waals surface area (Å²) in [5.74, 6) is 0.632. The van der Waals surface area contributed by atoms with Crippen molar-refractivity contribution in [1.29, 1.82) is 0 Å². The van der Waals surface area contributed by atoms with E-state index >= 15 is 0 Å². The number of benzene rings is 1. The number of rotatable bonds is 5. The van der Waals surface area contributed by atoms with Crippen LogP contribution in [0, 0.1) is 0 Å². The summed E-state index contributed by atoms with van der Waals surface area (Å²) in [7, 11) is 2.08. The molecule has 0 fully saturated rings. The third-order valence-electron chi connectivity index (χ3n) is 4.25. The predicted molar refractivity (Wildman–Crippen MR) is 88.3 cm³/mol. The molecule has 2 N–H and O–H groups in total. The van der Waals surface area contributed by atoms with Gasteiger partial charge < -0.3 is 10.5 Å². The van der Waals surface area contributed by atoms with Crippen molar-refractivity contribution in [3.05, 3.63) is 51.7 Å². The number of hydrogen-bond donors (Lipinski definition) is 1. The molecule has 0 aliphatic carbocycles. The summed E-state index contributed by atoms with van der Waals surface area (Å²) >= 11 is 1.57. The molecule has 3 rings (SSSR count). The fourth-order valence-corrected chi connectivity index (χ4v) is 3.68. The fraction of sp³-hybridized carbons (Fsp3) is 0.353. The zero-order valence-corrected chi connectivity index (χ0v) is 13.6. The summed E-state index contributed by atoms with van der Waals surface area (Å²) in [6.45, 7) is 2.97. The van der Waals surface area contributed by atoms with Gasteiger partial charge in [-0.1, -0.05) is 18.2 Å². The van der Waals surface area contributed by atoms with Crippen molar-refractivity contribution in [2.45, 2.75) is 32.0 Å². The first kappa shape index (κ1) is 15.1. The molecule has 2 atom stereocenters. The topological polar surface area (TPSA) is 55.6 Å². The van der Waals surface area contributed by atoms with Gasteiger partial charge in [0, 0.05) is 29.3 Å². The number of ether oxygens (including phenoxy) is 1. The van der Waals surface area contributed by atoms with Crippen LogP contribution in [0.25, 0.3) is 0 Å². The van der Waals surface area contributed by atoms with Gasteiger partial charge in [0.2, 0.25) is 5.91 Å². The number of para-hydroxylation sites is 1. The monoisotopic (exact) mass is 316 g/mol. The first-order valence-corrected chi connectivity index (χ1v) is 8.24. The van der Waals surface area contributed by atoms with Gasteiger partial charge in [-0.05, 0) is 31.7 Å². The van der Waals surface area contributed by atoms with E-state index in [0.29, 0.717) is 5.56 Å². The van der Waals surface area contributed by atoms with E-state index in [9.17, 15) is 4.79 Å². The Bertz CT molecular complexity index is 658. The van der Waals surface area contributed by atoms with Crippen molar-refractivity contribution in [2.75, 3.05) is 7.05 Å². The first-order valence-electron chi connectivity index (χ1n) is 7.36. The maximum absolute atomic E-state index is 11.2. The van der Waals surface area contributed by atoms with Crippen molar-refractivity contribution < 1.29 is 9.53 Å². The average molecular weight is 316 g/mol. The maximum Gasteiger partial charge on any atom is 0.249 e. The Morgan fingerprint density at radius 3 is 2.95 bits per heavy atom. The van der Waals surface area contributed by atoms with Crippen molar-refractivity contribution in [1.82, 2.24) is 4.90 Å². The quantitative estimate of drug-likeness (QED) is 0.922. The third-order valence-corrected chi connectivity index (χ3v) is 5.17. The Morgan fingerprint density at radius 1 is 1.50 bits per heavy atom. The average Bonchev–Trinajstić information content (AvgIpc) is 3.12. The molecule has 0 saturated carbocycles. The van der Waals surface area contributed by atoms with Gasteiger partial charge in [0.25, 0.3) is 0 Å². The van der Waals surface area contributed by atoms with E-state index in [1.54, 1.807) is 11.3 Å². The van der Waals surface area contributed by atoms with Gasteiger partial charge in [0.1, 0.15) is 11.9 Å². The van der Waals surface area contributed by atoms with Crippen LogP contribution in [0.3, 0.4) is 0 Å².